The third-order valence-electron chi connectivity index (χ3n) is 5.67. The lowest BCUT2D eigenvalue weighted by molar-refractivity contribution is -0.141. The van der Waals surface area contributed by atoms with Gasteiger partial charge in [-0.1, -0.05) is 35.0 Å². The number of hydrogen-bond acceptors (Lipinski definition) is 6. The average molecular weight is 520 g/mol. The van der Waals surface area contributed by atoms with Gasteiger partial charge in [-0.3, -0.25) is 14.9 Å². The van der Waals surface area contributed by atoms with Crippen LogP contribution in [0.25, 0.3) is 11.3 Å². The standard InChI is InChI=1S/C24H20ClF2N3O6/c1-12-19(29-23(34)35-11-10-13-4-2-3-5-16(13)25)20(36-30-12)14-6-8-15(9-7-14)28-21(31)17-18(22(32)33)24(17,26)27/h2-9,17-18H,10-11H2,1H3,(H,28,31)(H,29,34)(H,32,33)/t17-,18-/m1/s1. The molecule has 3 aromatic rings. The van der Waals surface area contributed by atoms with E-state index in [0.29, 0.717) is 22.7 Å². The van der Waals surface area contributed by atoms with Gasteiger partial charge in [0.2, 0.25) is 5.91 Å². The number of hydrogen-bond donors (Lipinski definition) is 3. The van der Waals surface area contributed by atoms with Crippen LogP contribution in [-0.4, -0.2) is 40.8 Å². The van der Waals surface area contributed by atoms with E-state index in [0.717, 1.165) is 5.56 Å². The molecule has 1 saturated carbocycles. The van der Waals surface area contributed by atoms with E-state index in [1.807, 2.05) is 12.1 Å². The van der Waals surface area contributed by atoms with Gasteiger partial charge in [0.1, 0.15) is 23.2 Å². The van der Waals surface area contributed by atoms with Gasteiger partial charge in [0.05, 0.1) is 6.61 Å². The van der Waals surface area contributed by atoms with Crippen molar-refractivity contribution in [2.75, 3.05) is 17.2 Å². The maximum Gasteiger partial charge on any atom is 0.411 e. The molecule has 1 fully saturated rings. The van der Waals surface area contributed by atoms with Gasteiger partial charge in [0.25, 0.3) is 5.92 Å². The fourth-order valence-electron chi connectivity index (χ4n) is 3.69. The fraction of sp³-hybridized carbons (Fsp3) is 0.250. The molecule has 0 unspecified atom stereocenters. The maximum absolute atomic E-state index is 13.6. The predicted molar refractivity (Wildman–Crippen MR) is 125 cm³/mol. The number of aliphatic carboxylic acids is 1. The topological polar surface area (TPSA) is 131 Å². The molecule has 0 aliphatic heterocycles. The summed E-state index contributed by atoms with van der Waals surface area (Å²) < 4.78 is 37.7. The Labute approximate surface area is 208 Å². The fourth-order valence-corrected chi connectivity index (χ4v) is 3.92. The normalized spacial score (nSPS) is 17.8. The van der Waals surface area contributed by atoms with Crippen LogP contribution in [-0.2, 0) is 20.7 Å². The third kappa shape index (κ3) is 5.15. The van der Waals surface area contributed by atoms with Crippen LogP contribution in [0.1, 0.15) is 11.3 Å². The summed E-state index contributed by atoms with van der Waals surface area (Å²) in [4.78, 5) is 35.3. The van der Waals surface area contributed by atoms with E-state index in [1.54, 1.807) is 19.1 Å². The highest BCUT2D eigenvalue weighted by Crippen LogP contribution is 2.55. The Hall–Kier alpha value is -3.99. The van der Waals surface area contributed by atoms with Gasteiger partial charge < -0.3 is 19.7 Å². The molecule has 2 aromatic carbocycles. The van der Waals surface area contributed by atoms with Gasteiger partial charge >= 0.3 is 12.1 Å². The number of carboxylic acid groups (broad SMARTS) is 1. The Morgan fingerprint density at radius 2 is 1.81 bits per heavy atom. The highest BCUT2D eigenvalue weighted by molar-refractivity contribution is 6.31. The molecule has 4 rings (SSSR count). The van der Waals surface area contributed by atoms with Crippen molar-refractivity contribution in [3.05, 3.63) is 64.8 Å². The highest BCUT2D eigenvalue weighted by Gasteiger charge is 2.75. The minimum Gasteiger partial charge on any atom is -0.481 e. The summed E-state index contributed by atoms with van der Waals surface area (Å²) in [6.45, 7) is 1.71. The number of halogens is 3. The number of anilines is 2. The van der Waals surface area contributed by atoms with Crippen molar-refractivity contribution in [1.29, 1.82) is 0 Å². The van der Waals surface area contributed by atoms with E-state index in [9.17, 15) is 23.2 Å². The van der Waals surface area contributed by atoms with Gasteiger partial charge in [-0.05, 0) is 42.8 Å². The lowest BCUT2D eigenvalue weighted by Crippen LogP contribution is -2.18. The van der Waals surface area contributed by atoms with E-state index >= 15 is 0 Å². The average Bonchev–Trinajstić information content (AvgIpc) is 3.26. The first-order chi connectivity index (χ1) is 17.1. The Morgan fingerprint density at radius 3 is 2.44 bits per heavy atom. The number of alkyl halides is 2. The molecule has 3 N–H and O–H groups in total. The lowest BCUT2D eigenvalue weighted by atomic mass is 10.1. The zero-order valence-electron chi connectivity index (χ0n) is 18.8. The van der Waals surface area contributed by atoms with Crippen molar-refractivity contribution in [2.45, 2.75) is 19.3 Å². The van der Waals surface area contributed by atoms with Gasteiger partial charge in [-0.2, -0.15) is 0 Å². The summed E-state index contributed by atoms with van der Waals surface area (Å²) in [7, 11) is 0. The minimum absolute atomic E-state index is 0.0897. The van der Waals surface area contributed by atoms with Gasteiger partial charge in [0, 0.05) is 22.7 Å². The molecule has 0 bridgehead atoms. The number of amides is 2. The molecule has 1 aliphatic rings. The molecular weight excluding hydrogens is 500 g/mol. The Bertz CT molecular complexity index is 1310. The van der Waals surface area contributed by atoms with Crippen LogP contribution in [0, 0.1) is 18.8 Å². The van der Waals surface area contributed by atoms with Gasteiger partial charge in [0.15, 0.2) is 5.76 Å². The van der Waals surface area contributed by atoms with Crippen molar-refractivity contribution in [1.82, 2.24) is 5.16 Å². The highest BCUT2D eigenvalue weighted by atomic mass is 35.5. The molecule has 9 nitrogen and oxygen atoms in total. The Balaban J connectivity index is 1.37. The van der Waals surface area contributed by atoms with Gasteiger partial charge in [-0.25, -0.2) is 13.6 Å². The molecule has 2 amide bonds. The summed E-state index contributed by atoms with van der Waals surface area (Å²) in [5.41, 5.74) is 2.16. The SMILES string of the molecule is Cc1noc(-c2ccc(NC(=O)[C@H]3[C@H](C(=O)O)C3(F)F)cc2)c1NC(=O)OCCc1ccccc1Cl. The van der Waals surface area contributed by atoms with Crippen LogP contribution in [0.5, 0.6) is 0 Å². The van der Waals surface area contributed by atoms with E-state index in [2.05, 4.69) is 15.8 Å². The molecule has 2 atom stereocenters. The van der Waals surface area contributed by atoms with Crippen molar-refractivity contribution in [3.63, 3.8) is 0 Å². The molecule has 1 heterocycles. The number of benzene rings is 2. The molecule has 0 spiro atoms. The molecular formula is C24H20ClF2N3O6. The minimum atomic E-state index is -3.59. The predicted octanol–water partition coefficient (Wildman–Crippen LogP) is 5.00. The van der Waals surface area contributed by atoms with E-state index in [1.165, 1.54) is 24.3 Å². The third-order valence-corrected chi connectivity index (χ3v) is 6.04. The molecule has 0 saturated heterocycles. The molecule has 36 heavy (non-hydrogen) atoms. The number of ether oxygens (including phenoxy) is 1. The van der Waals surface area contributed by atoms with Crippen LogP contribution in [0.3, 0.4) is 0 Å². The zero-order valence-corrected chi connectivity index (χ0v) is 19.5. The Morgan fingerprint density at radius 1 is 1.11 bits per heavy atom. The first kappa shape index (κ1) is 25.1. The van der Waals surface area contributed by atoms with Crippen LogP contribution in [0.15, 0.2) is 53.1 Å². The number of aryl methyl sites for hydroxylation is 1. The summed E-state index contributed by atoms with van der Waals surface area (Å²) >= 11 is 6.10. The van der Waals surface area contributed by atoms with Crippen LogP contribution in [0.2, 0.25) is 5.02 Å². The second-order valence-corrected chi connectivity index (χ2v) is 8.52. The van der Waals surface area contributed by atoms with Crippen molar-refractivity contribution in [2.24, 2.45) is 11.8 Å². The van der Waals surface area contributed by atoms with Crippen LogP contribution < -0.4 is 10.6 Å². The number of rotatable bonds is 8. The van der Waals surface area contributed by atoms with Crippen LogP contribution >= 0.6 is 11.6 Å². The van der Waals surface area contributed by atoms with Crippen LogP contribution in [0.4, 0.5) is 25.0 Å². The van der Waals surface area contributed by atoms with Crippen molar-refractivity contribution >= 4 is 40.9 Å². The number of carbonyl (C=O) groups excluding carboxylic acids is 2. The number of nitrogens with zero attached hydrogens (tertiary/aromatic N) is 1. The summed E-state index contributed by atoms with van der Waals surface area (Å²) in [5.74, 6) is -10.1. The molecule has 12 heteroatoms. The number of carbonyl (C=O) groups is 3. The van der Waals surface area contributed by atoms with Gasteiger partial charge in [-0.15, -0.1) is 0 Å². The second-order valence-electron chi connectivity index (χ2n) is 8.11. The molecule has 188 valence electrons. The quantitative estimate of drug-likeness (QED) is 0.381. The molecule has 1 aliphatic carbocycles. The summed E-state index contributed by atoms with van der Waals surface area (Å²) in [6.07, 6.45) is -0.299. The number of carboxylic acids is 1. The molecule has 0 radical (unpaired) electrons. The number of nitrogens with one attached hydrogen (secondary N) is 2. The monoisotopic (exact) mass is 519 g/mol. The smallest absolute Gasteiger partial charge is 0.411 e. The maximum atomic E-state index is 13.6. The molecule has 1 aromatic heterocycles. The summed E-state index contributed by atoms with van der Waals surface area (Å²) in [5, 5.41) is 18.1. The number of aromatic nitrogens is 1. The Kier molecular flexibility index (Phi) is 6.93. The lowest BCUT2D eigenvalue weighted by Gasteiger charge is -2.09. The van der Waals surface area contributed by atoms with E-state index in [-0.39, 0.29) is 23.7 Å². The first-order valence-electron chi connectivity index (χ1n) is 10.7. The summed E-state index contributed by atoms with van der Waals surface area (Å²) in [6, 6.07) is 13.1. The van der Waals surface area contributed by atoms with E-state index in [4.69, 9.17) is 26.0 Å². The first-order valence-corrected chi connectivity index (χ1v) is 11.1. The van der Waals surface area contributed by atoms with E-state index < -0.39 is 35.7 Å². The van der Waals surface area contributed by atoms with Crippen molar-refractivity contribution < 1.29 is 37.5 Å². The largest absolute Gasteiger partial charge is 0.481 e. The van der Waals surface area contributed by atoms with Crippen molar-refractivity contribution in [3.8, 4) is 11.3 Å². The second kappa shape index (κ2) is 9.94. The zero-order chi connectivity index (χ0) is 26.0.